The van der Waals surface area contributed by atoms with Crippen LogP contribution in [0.15, 0.2) is 52.9 Å². The number of carbonyl (C=O) groups excluding carboxylic acids is 1. The van der Waals surface area contributed by atoms with Crippen LogP contribution in [0, 0.1) is 0 Å². The normalized spacial score (nSPS) is 15.7. The maximum absolute atomic E-state index is 13.3. The van der Waals surface area contributed by atoms with Gasteiger partial charge in [0.2, 0.25) is 0 Å². The second-order valence-corrected chi connectivity index (χ2v) is 7.47. The van der Waals surface area contributed by atoms with Crippen LogP contribution in [0.5, 0.6) is 5.75 Å². The summed E-state index contributed by atoms with van der Waals surface area (Å²) in [6, 6.07) is 15.7. The van der Waals surface area contributed by atoms with Gasteiger partial charge in [0.15, 0.2) is 5.76 Å². The van der Waals surface area contributed by atoms with E-state index in [1.807, 2.05) is 49.4 Å². The predicted octanol–water partition coefficient (Wildman–Crippen LogP) is 4.33. The number of rotatable bonds is 7. The minimum atomic E-state index is -0.161. The molecule has 1 aromatic heterocycles. The van der Waals surface area contributed by atoms with Crippen molar-refractivity contribution in [1.29, 1.82) is 0 Å². The van der Waals surface area contributed by atoms with Gasteiger partial charge in [-0.2, -0.15) is 0 Å². The van der Waals surface area contributed by atoms with Crippen molar-refractivity contribution in [2.75, 3.05) is 38.2 Å². The Labute approximate surface area is 177 Å². The number of amides is 1. The van der Waals surface area contributed by atoms with Crippen molar-refractivity contribution in [3.05, 3.63) is 59.9 Å². The monoisotopic (exact) mass is 408 g/mol. The molecule has 30 heavy (non-hydrogen) atoms. The number of furan rings is 1. The average molecular weight is 408 g/mol. The zero-order chi connectivity index (χ0) is 21.1. The third-order valence-electron chi connectivity index (χ3n) is 5.47. The largest absolute Gasteiger partial charge is 0.485 e. The molecule has 0 fully saturated rings. The second-order valence-electron chi connectivity index (χ2n) is 7.47. The summed E-state index contributed by atoms with van der Waals surface area (Å²) >= 11 is 0. The van der Waals surface area contributed by atoms with Crippen LogP contribution in [0.1, 0.15) is 30.0 Å². The third-order valence-corrected chi connectivity index (χ3v) is 5.47. The first-order chi connectivity index (χ1) is 14.6. The minimum absolute atomic E-state index is 0.117. The first-order valence-corrected chi connectivity index (χ1v) is 10.5. The number of fused-ring (bicyclic) bond motifs is 2. The molecule has 2 heterocycles. The Morgan fingerprint density at radius 3 is 2.73 bits per heavy atom. The fraction of sp³-hybridized carbons (Fsp3) is 0.375. The highest BCUT2D eigenvalue weighted by atomic mass is 16.5. The highest BCUT2D eigenvalue weighted by Gasteiger charge is 2.29. The molecule has 2 aromatic carbocycles. The molecule has 0 spiro atoms. The number of para-hydroxylation sites is 3. The summed E-state index contributed by atoms with van der Waals surface area (Å²) in [7, 11) is 1.79. The fourth-order valence-electron chi connectivity index (χ4n) is 3.95. The van der Waals surface area contributed by atoms with Crippen molar-refractivity contribution in [3.63, 3.8) is 0 Å². The van der Waals surface area contributed by atoms with E-state index in [-0.39, 0.29) is 12.0 Å². The van der Waals surface area contributed by atoms with E-state index in [9.17, 15) is 4.79 Å². The molecule has 6 nitrogen and oxygen atoms in total. The summed E-state index contributed by atoms with van der Waals surface area (Å²) in [6.07, 6.45) is -0.117. The number of anilines is 1. The van der Waals surface area contributed by atoms with Gasteiger partial charge in [-0.3, -0.25) is 4.79 Å². The Morgan fingerprint density at radius 1 is 1.17 bits per heavy atom. The van der Waals surface area contributed by atoms with Crippen molar-refractivity contribution >= 4 is 22.6 Å². The Kier molecular flexibility index (Phi) is 5.95. The van der Waals surface area contributed by atoms with Gasteiger partial charge in [-0.25, -0.2) is 0 Å². The minimum Gasteiger partial charge on any atom is -0.485 e. The molecule has 1 amide bonds. The second kappa shape index (κ2) is 8.79. The van der Waals surface area contributed by atoms with Crippen LogP contribution in [-0.4, -0.2) is 50.2 Å². The first kappa shape index (κ1) is 20.3. The number of hydrogen-bond acceptors (Lipinski definition) is 5. The summed E-state index contributed by atoms with van der Waals surface area (Å²) in [5, 5.41) is 0.919. The van der Waals surface area contributed by atoms with E-state index >= 15 is 0 Å². The lowest BCUT2D eigenvalue weighted by molar-refractivity contribution is 0.0672. The predicted molar refractivity (Wildman–Crippen MR) is 117 cm³/mol. The fourth-order valence-corrected chi connectivity index (χ4v) is 3.95. The topological polar surface area (TPSA) is 55.2 Å². The third kappa shape index (κ3) is 3.87. The van der Waals surface area contributed by atoms with Gasteiger partial charge in [0.05, 0.1) is 25.4 Å². The van der Waals surface area contributed by atoms with Crippen LogP contribution in [0.4, 0.5) is 5.69 Å². The molecule has 0 saturated carbocycles. The lowest BCUT2D eigenvalue weighted by Crippen LogP contribution is -2.46. The highest BCUT2D eigenvalue weighted by Crippen LogP contribution is 2.33. The van der Waals surface area contributed by atoms with Gasteiger partial charge in [0, 0.05) is 31.1 Å². The van der Waals surface area contributed by atoms with Gasteiger partial charge in [-0.1, -0.05) is 30.3 Å². The Bertz CT molecular complexity index is 1030. The van der Waals surface area contributed by atoms with E-state index in [4.69, 9.17) is 13.9 Å². The van der Waals surface area contributed by atoms with Gasteiger partial charge in [-0.15, -0.1) is 0 Å². The number of ether oxygens (including phenoxy) is 2. The van der Waals surface area contributed by atoms with E-state index in [1.54, 1.807) is 11.9 Å². The van der Waals surface area contributed by atoms with Crippen LogP contribution in [0.25, 0.3) is 11.0 Å². The molecule has 4 rings (SSSR count). The molecular weight excluding hydrogens is 380 g/mol. The van der Waals surface area contributed by atoms with E-state index in [1.165, 1.54) is 0 Å². The van der Waals surface area contributed by atoms with Gasteiger partial charge in [0.25, 0.3) is 5.91 Å². The molecule has 1 aliphatic heterocycles. The van der Waals surface area contributed by atoms with Crippen molar-refractivity contribution in [1.82, 2.24) is 4.90 Å². The molecular formula is C24H28N2O4. The number of carbonyl (C=O) groups is 1. The van der Waals surface area contributed by atoms with Crippen LogP contribution in [0.2, 0.25) is 0 Å². The van der Waals surface area contributed by atoms with E-state index < -0.39 is 0 Å². The van der Waals surface area contributed by atoms with E-state index in [0.29, 0.717) is 31.1 Å². The van der Waals surface area contributed by atoms with Gasteiger partial charge in [-0.05, 0) is 32.0 Å². The SMILES string of the molecule is CCOCc1c(C(=O)N(C)C[C@H]2CN(CC)c3ccccc3O2)oc2ccccc12. The van der Waals surface area contributed by atoms with Crippen LogP contribution in [0.3, 0.4) is 0 Å². The Morgan fingerprint density at radius 2 is 1.93 bits per heavy atom. The summed E-state index contributed by atoms with van der Waals surface area (Å²) < 4.78 is 17.7. The molecule has 0 radical (unpaired) electrons. The quantitative estimate of drug-likeness (QED) is 0.582. The lowest BCUT2D eigenvalue weighted by atomic mass is 10.1. The standard InChI is InChI=1S/C24H28N2O4/c1-4-26-15-17(29-22-13-9-7-11-20(22)26)14-25(3)24(27)23-19(16-28-5-2)18-10-6-8-12-21(18)30-23/h6-13,17H,4-5,14-16H2,1-3H3/t17-/m0/s1. The molecule has 6 heteroatoms. The summed E-state index contributed by atoms with van der Waals surface area (Å²) in [5.41, 5.74) is 2.60. The molecule has 1 aliphatic rings. The van der Waals surface area contributed by atoms with E-state index in [0.717, 1.165) is 35.5 Å². The first-order valence-electron chi connectivity index (χ1n) is 10.5. The average Bonchev–Trinajstić information content (AvgIpc) is 3.14. The van der Waals surface area contributed by atoms with Crippen molar-refractivity contribution in [3.8, 4) is 5.75 Å². The molecule has 158 valence electrons. The maximum atomic E-state index is 13.3. The van der Waals surface area contributed by atoms with Gasteiger partial charge < -0.3 is 23.7 Å². The van der Waals surface area contributed by atoms with Crippen molar-refractivity contribution in [2.45, 2.75) is 26.6 Å². The molecule has 0 bridgehead atoms. The molecule has 0 saturated heterocycles. The zero-order valence-electron chi connectivity index (χ0n) is 17.8. The number of hydrogen-bond donors (Lipinski definition) is 0. The summed E-state index contributed by atoms with van der Waals surface area (Å²) in [5.74, 6) is 1.04. The van der Waals surface area contributed by atoms with Crippen molar-refractivity contribution < 1.29 is 18.7 Å². The number of benzene rings is 2. The summed E-state index contributed by atoms with van der Waals surface area (Å²) in [4.78, 5) is 17.2. The molecule has 1 atom stereocenters. The molecule has 0 unspecified atom stereocenters. The molecule has 0 N–H and O–H groups in total. The van der Waals surface area contributed by atoms with Gasteiger partial charge in [0.1, 0.15) is 17.4 Å². The van der Waals surface area contributed by atoms with Crippen LogP contribution in [-0.2, 0) is 11.3 Å². The highest BCUT2D eigenvalue weighted by molar-refractivity contribution is 5.99. The van der Waals surface area contributed by atoms with Gasteiger partial charge >= 0.3 is 0 Å². The zero-order valence-corrected chi connectivity index (χ0v) is 17.8. The molecule has 0 aliphatic carbocycles. The lowest BCUT2D eigenvalue weighted by Gasteiger charge is -2.37. The Hall–Kier alpha value is -2.99. The van der Waals surface area contributed by atoms with Crippen LogP contribution >= 0.6 is 0 Å². The number of nitrogens with zero attached hydrogens (tertiary/aromatic N) is 2. The molecule has 3 aromatic rings. The summed E-state index contributed by atoms with van der Waals surface area (Å²) in [6.45, 7) is 7.07. The van der Waals surface area contributed by atoms with Crippen molar-refractivity contribution in [2.24, 2.45) is 0 Å². The maximum Gasteiger partial charge on any atom is 0.289 e. The van der Waals surface area contributed by atoms with E-state index in [2.05, 4.69) is 17.9 Å². The smallest absolute Gasteiger partial charge is 0.289 e. The van der Waals surface area contributed by atoms with Crippen LogP contribution < -0.4 is 9.64 Å². The number of likely N-dealkylation sites (N-methyl/N-ethyl adjacent to an activating group) is 2. The Balaban J connectivity index is 1.54.